The lowest BCUT2D eigenvalue weighted by Gasteiger charge is -2.29. The maximum Gasteiger partial charge on any atom is 0.419 e. The molecule has 0 radical (unpaired) electrons. The highest BCUT2D eigenvalue weighted by Gasteiger charge is 2.37. The standard InChI is InChI=1S/C21H17F8NO3S/c22-13-8-12(20(24,25)26)9-16(10-13)34(32,33)15-4-2-14(3-5-15)30-19(31)11-1-6-18(23)17(7-11)21(27,28)29/h1,6-10,14-15H,2-5H2,(H,30,31)/t14-,15-. The number of carbonyl (C=O) groups is 1. The molecule has 2 aromatic carbocycles. The molecule has 3 rings (SSSR count). The van der Waals surface area contributed by atoms with Crippen LogP contribution >= 0.6 is 0 Å². The first-order valence-electron chi connectivity index (χ1n) is 9.88. The van der Waals surface area contributed by atoms with Crippen molar-refractivity contribution in [1.29, 1.82) is 0 Å². The van der Waals surface area contributed by atoms with Gasteiger partial charge in [-0.3, -0.25) is 4.79 Å². The Kier molecular flexibility index (Phi) is 6.98. The van der Waals surface area contributed by atoms with Crippen molar-refractivity contribution in [2.24, 2.45) is 0 Å². The van der Waals surface area contributed by atoms with E-state index in [1.807, 2.05) is 0 Å². The molecule has 0 saturated heterocycles. The van der Waals surface area contributed by atoms with Crippen LogP contribution in [0, 0.1) is 11.6 Å². The molecule has 0 unspecified atom stereocenters. The van der Waals surface area contributed by atoms with Crippen molar-refractivity contribution < 1.29 is 48.3 Å². The second-order valence-corrected chi connectivity index (χ2v) is 10.1. The molecule has 186 valence electrons. The van der Waals surface area contributed by atoms with Gasteiger partial charge < -0.3 is 5.32 Å². The van der Waals surface area contributed by atoms with E-state index in [2.05, 4.69) is 5.32 Å². The van der Waals surface area contributed by atoms with E-state index in [4.69, 9.17) is 0 Å². The van der Waals surface area contributed by atoms with Gasteiger partial charge in [0.15, 0.2) is 9.84 Å². The first-order valence-corrected chi connectivity index (χ1v) is 11.4. The van der Waals surface area contributed by atoms with Crippen molar-refractivity contribution >= 4 is 15.7 Å². The van der Waals surface area contributed by atoms with E-state index < -0.39 is 72.6 Å². The molecule has 2 aromatic rings. The van der Waals surface area contributed by atoms with Crippen molar-refractivity contribution in [1.82, 2.24) is 5.32 Å². The van der Waals surface area contributed by atoms with Gasteiger partial charge in [0.2, 0.25) is 0 Å². The average molecular weight is 515 g/mol. The van der Waals surface area contributed by atoms with E-state index in [-0.39, 0.29) is 31.7 Å². The highest BCUT2D eigenvalue weighted by Crippen LogP contribution is 2.35. The first kappa shape index (κ1) is 25.9. The molecule has 13 heteroatoms. The normalized spacial score (nSPS) is 19.6. The van der Waals surface area contributed by atoms with Gasteiger partial charge in [0.1, 0.15) is 11.6 Å². The minimum absolute atomic E-state index is 0.0599. The third kappa shape index (κ3) is 5.68. The molecule has 0 bridgehead atoms. The van der Waals surface area contributed by atoms with E-state index in [1.54, 1.807) is 0 Å². The predicted octanol–water partition coefficient (Wildman–Crippen LogP) is 5.52. The number of amides is 1. The molecule has 34 heavy (non-hydrogen) atoms. The van der Waals surface area contributed by atoms with Gasteiger partial charge in [-0.2, -0.15) is 26.3 Å². The van der Waals surface area contributed by atoms with Gasteiger partial charge in [0.25, 0.3) is 5.91 Å². The summed E-state index contributed by atoms with van der Waals surface area (Å²) in [5.41, 5.74) is -3.49. The summed E-state index contributed by atoms with van der Waals surface area (Å²) in [4.78, 5) is 11.5. The van der Waals surface area contributed by atoms with Crippen LogP contribution in [0.2, 0.25) is 0 Å². The van der Waals surface area contributed by atoms with E-state index in [1.165, 1.54) is 0 Å². The summed E-state index contributed by atoms with van der Waals surface area (Å²) >= 11 is 0. The van der Waals surface area contributed by atoms with Gasteiger partial charge in [0, 0.05) is 11.6 Å². The number of nitrogens with one attached hydrogen (secondary N) is 1. The van der Waals surface area contributed by atoms with E-state index >= 15 is 0 Å². The lowest BCUT2D eigenvalue weighted by molar-refractivity contribution is -0.140. The van der Waals surface area contributed by atoms with Crippen LogP contribution in [0.1, 0.15) is 47.2 Å². The van der Waals surface area contributed by atoms with Crippen molar-refractivity contribution in [2.45, 2.75) is 54.2 Å². The topological polar surface area (TPSA) is 63.2 Å². The predicted molar refractivity (Wildman–Crippen MR) is 104 cm³/mol. The zero-order chi connectivity index (χ0) is 25.5. The van der Waals surface area contributed by atoms with E-state index in [0.29, 0.717) is 24.3 Å². The third-order valence-electron chi connectivity index (χ3n) is 5.51. The summed E-state index contributed by atoms with van der Waals surface area (Å²) in [5.74, 6) is -3.82. The average Bonchev–Trinajstić information content (AvgIpc) is 2.72. The van der Waals surface area contributed by atoms with Crippen molar-refractivity contribution in [3.8, 4) is 0 Å². The Morgan fingerprint density at radius 2 is 1.47 bits per heavy atom. The van der Waals surface area contributed by atoms with Gasteiger partial charge >= 0.3 is 12.4 Å². The Morgan fingerprint density at radius 3 is 2.03 bits per heavy atom. The van der Waals surface area contributed by atoms with Crippen LogP contribution in [0.3, 0.4) is 0 Å². The molecule has 4 nitrogen and oxygen atoms in total. The van der Waals surface area contributed by atoms with Crippen LogP contribution in [0.15, 0.2) is 41.3 Å². The fraction of sp³-hybridized carbons (Fsp3) is 0.381. The van der Waals surface area contributed by atoms with Crippen LogP contribution in [0.4, 0.5) is 35.1 Å². The third-order valence-corrected chi connectivity index (χ3v) is 7.75. The fourth-order valence-corrected chi connectivity index (χ4v) is 5.60. The lowest BCUT2D eigenvalue weighted by Crippen LogP contribution is -2.40. The molecule has 0 heterocycles. The first-order chi connectivity index (χ1) is 15.6. The number of benzene rings is 2. The Balaban J connectivity index is 1.69. The molecule has 1 fully saturated rings. The van der Waals surface area contributed by atoms with E-state index in [9.17, 15) is 48.3 Å². The number of halogens is 8. The van der Waals surface area contributed by atoms with Crippen LogP contribution in [-0.2, 0) is 22.2 Å². The van der Waals surface area contributed by atoms with Crippen LogP contribution in [0.25, 0.3) is 0 Å². The Morgan fingerprint density at radius 1 is 0.853 bits per heavy atom. The Hall–Kier alpha value is -2.70. The monoisotopic (exact) mass is 515 g/mol. The number of rotatable bonds is 4. The zero-order valence-corrected chi connectivity index (χ0v) is 17.9. The molecule has 0 aliphatic heterocycles. The fourth-order valence-electron chi connectivity index (χ4n) is 3.75. The Bertz CT molecular complexity index is 1180. The molecular weight excluding hydrogens is 498 g/mol. The molecule has 1 aliphatic carbocycles. The summed E-state index contributed by atoms with van der Waals surface area (Å²) in [6.45, 7) is 0. The molecule has 0 aromatic heterocycles. The number of carbonyl (C=O) groups excluding carboxylic acids is 1. The van der Waals surface area contributed by atoms with Crippen LogP contribution < -0.4 is 5.32 Å². The molecule has 1 saturated carbocycles. The van der Waals surface area contributed by atoms with Crippen molar-refractivity contribution in [3.63, 3.8) is 0 Å². The highest BCUT2D eigenvalue weighted by molar-refractivity contribution is 7.92. The summed E-state index contributed by atoms with van der Waals surface area (Å²) in [5, 5.41) is 1.32. The van der Waals surface area contributed by atoms with Crippen molar-refractivity contribution in [3.05, 3.63) is 64.7 Å². The molecular formula is C21H17F8NO3S. The second kappa shape index (κ2) is 9.16. The minimum atomic E-state index is -5.00. The summed E-state index contributed by atoms with van der Waals surface area (Å²) in [6, 6.07) is 2.17. The van der Waals surface area contributed by atoms with E-state index in [0.717, 1.165) is 6.07 Å². The van der Waals surface area contributed by atoms with Gasteiger partial charge in [-0.25, -0.2) is 17.2 Å². The highest BCUT2D eigenvalue weighted by atomic mass is 32.2. The maximum absolute atomic E-state index is 13.6. The zero-order valence-electron chi connectivity index (χ0n) is 17.1. The molecule has 1 aliphatic rings. The Labute approximate surface area is 188 Å². The number of alkyl halides is 6. The van der Waals surface area contributed by atoms with Gasteiger partial charge in [-0.05, 0) is 62.1 Å². The van der Waals surface area contributed by atoms with Crippen LogP contribution in [0.5, 0.6) is 0 Å². The number of hydrogen-bond acceptors (Lipinski definition) is 3. The summed E-state index contributed by atoms with van der Waals surface area (Å²) < 4.78 is 130. The quantitative estimate of drug-likeness (QED) is 0.546. The van der Waals surface area contributed by atoms with Crippen LogP contribution in [-0.4, -0.2) is 25.6 Å². The van der Waals surface area contributed by atoms with Gasteiger partial charge in [-0.1, -0.05) is 0 Å². The SMILES string of the molecule is O=C(N[C@H]1CC[C@H](S(=O)(=O)c2cc(F)cc(C(F)(F)F)c2)CC1)c1ccc(F)c(C(F)(F)F)c1. The largest absolute Gasteiger partial charge is 0.419 e. The summed E-state index contributed by atoms with van der Waals surface area (Å²) in [7, 11) is -4.32. The molecule has 1 N–H and O–H groups in total. The molecule has 0 atom stereocenters. The summed E-state index contributed by atoms with van der Waals surface area (Å²) in [6.07, 6.45) is -9.99. The van der Waals surface area contributed by atoms with Gasteiger partial charge in [0.05, 0.1) is 21.3 Å². The maximum atomic E-state index is 13.6. The number of hydrogen-bond donors (Lipinski definition) is 1. The second-order valence-electron chi connectivity index (χ2n) is 7.86. The smallest absolute Gasteiger partial charge is 0.349 e. The molecule has 1 amide bonds. The van der Waals surface area contributed by atoms with Crippen molar-refractivity contribution in [2.75, 3.05) is 0 Å². The number of sulfone groups is 1. The minimum Gasteiger partial charge on any atom is -0.349 e. The lowest BCUT2D eigenvalue weighted by atomic mass is 9.94. The van der Waals surface area contributed by atoms with Gasteiger partial charge in [-0.15, -0.1) is 0 Å². The molecule has 0 spiro atoms.